The van der Waals surface area contributed by atoms with E-state index in [1.807, 2.05) is 0 Å². The molecule has 3 aliphatic rings. The predicted octanol–water partition coefficient (Wildman–Crippen LogP) is 3.24. The molecule has 1 saturated carbocycles. The Labute approximate surface area is 100 Å². The number of quaternary nitrogens is 1. The van der Waals surface area contributed by atoms with Gasteiger partial charge in [-0.15, -0.1) is 0 Å². The molecule has 0 unspecified atom stereocenters. The Morgan fingerprint density at radius 3 is 2.56 bits per heavy atom. The second kappa shape index (κ2) is 3.73. The molecule has 0 aromatic heterocycles. The fourth-order valence-corrected chi connectivity index (χ4v) is 3.09. The van der Waals surface area contributed by atoms with Crippen LogP contribution in [0, 0.1) is 17.3 Å². The minimum absolute atomic E-state index is 0.561. The van der Waals surface area contributed by atoms with Gasteiger partial charge in [-0.2, -0.15) is 0 Å². The second-order valence-corrected chi connectivity index (χ2v) is 7.12. The molecule has 0 aliphatic heterocycles. The number of allylic oxidation sites excluding steroid dienone is 3. The maximum atomic E-state index is 2.47. The number of hydrogen-bond acceptors (Lipinski definition) is 0. The summed E-state index contributed by atoms with van der Waals surface area (Å²) in [7, 11) is 6.72. The van der Waals surface area contributed by atoms with E-state index in [0.717, 1.165) is 22.9 Å². The minimum Gasteiger partial charge on any atom is -0.328 e. The first kappa shape index (κ1) is 11.9. The number of nitrogens with zero attached hydrogens (tertiary/aromatic N) is 1. The molecule has 0 N–H and O–H groups in total. The highest BCUT2D eigenvalue weighted by Crippen LogP contribution is 2.59. The lowest BCUT2D eigenvalue weighted by atomic mass is 9.49. The molecule has 0 heterocycles. The summed E-state index contributed by atoms with van der Waals surface area (Å²) < 4.78 is 1.01. The molecule has 0 spiro atoms. The number of rotatable bonds is 3. The molecule has 3 aliphatic carbocycles. The van der Waals surface area contributed by atoms with Gasteiger partial charge in [0.1, 0.15) is 0 Å². The van der Waals surface area contributed by atoms with Crippen molar-refractivity contribution in [2.24, 2.45) is 17.3 Å². The first-order valence-corrected chi connectivity index (χ1v) is 6.48. The first-order chi connectivity index (χ1) is 7.31. The van der Waals surface area contributed by atoms with Gasteiger partial charge in [0.2, 0.25) is 0 Å². The Balaban J connectivity index is 1.99. The standard InChI is InChI=1S/C15H26N/c1-15(2)13-9-8-12(14(15)11-13)7-6-10-16(3,4)5/h6-8,13-14H,9-11H2,1-5H3/q+1/b7-6+/t13-,14-/m1/s1. The van der Waals surface area contributed by atoms with Crippen LogP contribution < -0.4 is 0 Å². The van der Waals surface area contributed by atoms with Crippen molar-refractivity contribution in [3.8, 4) is 0 Å². The van der Waals surface area contributed by atoms with Gasteiger partial charge in [-0.1, -0.05) is 26.0 Å². The van der Waals surface area contributed by atoms with Crippen molar-refractivity contribution in [1.29, 1.82) is 0 Å². The Morgan fingerprint density at radius 2 is 2.06 bits per heavy atom. The zero-order valence-corrected chi connectivity index (χ0v) is 11.5. The van der Waals surface area contributed by atoms with Gasteiger partial charge >= 0.3 is 0 Å². The molecule has 90 valence electrons. The molecule has 1 heteroatoms. The van der Waals surface area contributed by atoms with E-state index in [1.165, 1.54) is 12.8 Å². The van der Waals surface area contributed by atoms with Crippen molar-refractivity contribution in [2.75, 3.05) is 27.7 Å². The zero-order chi connectivity index (χ0) is 12.0. The van der Waals surface area contributed by atoms with Crippen molar-refractivity contribution >= 4 is 0 Å². The van der Waals surface area contributed by atoms with Crippen LogP contribution >= 0.6 is 0 Å². The summed E-state index contributed by atoms with van der Waals surface area (Å²) >= 11 is 0. The van der Waals surface area contributed by atoms with Crippen molar-refractivity contribution in [3.05, 3.63) is 23.8 Å². The molecule has 0 radical (unpaired) electrons. The molecule has 2 bridgehead atoms. The van der Waals surface area contributed by atoms with Crippen molar-refractivity contribution in [2.45, 2.75) is 26.7 Å². The number of hydrogen-bond donors (Lipinski definition) is 0. The lowest BCUT2D eigenvalue weighted by Crippen LogP contribution is -2.47. The second-order valence-electron chi connectivity index (χ2n) is 7.12. The lowest BCUT2D eigenvalue weighted by molar-refractivity contribution is -0.864. The van der Waals surface area contributed by atoms with Crippen LogP contribution in [-0.4, -0.2) is 32.2 Å². The Kier molecular flexibility index (Phi) is 2.78. The molecule has 0 saturated heterocycles. The largest absolute Gasteiger partial charge is 0.328 e. The number of likely N-dealkylation sites (N-methyl/N-ethyl adjacent to an activating group) is 1. The molecule has 1 nitrogen and oxygen atoms in total. The van der Waals surface area contributed by atoms with Gasteiger partial charge in [0.15, 0.2) is 0 Å². The quantitative estimate of drug-likeness (QED) is 0.641. The van der Waals surface area contributed by atoms with Gasteiger partial charge in [-0.05, 0) is 41.7 Å². The first-order valence-electron chi connectivity index (χ1n) is 6.48. The van der Waals surface area contributed by atoms with Crippen molar-refractivity contribution < 1.29 is 4.48 Å². The molecule has 1 fully saturated rings. The van der Waals surface area contributed by atoms with Gasteiger partial charge in [-0.3, -0.25) is 0 Å². The van der Waals surface area contributed by atoms with E-state index in [4.69, 9.17) is 0 Å². The third-order valence-electron chi connectivity index (χ3n) is 4.47. The average molecular weight is 220 g/mol. The highest BCUT2D eigenvalue weighted by Gasteiger charge is 2.50. The van der Waals surface area contributed by atoms with Crippen LogP contribution in [-0.2, 0) is 0 Å². The SMILES string of the molecule is CC1(C)[C@@H]2CC=C(/C=C/C[N+](C)(C)C)[C@H]1C2. The lowest BCUT2D eigenvalue weighted by Gasteiger charge is -2.56. The summed E-state index contributed by atoms with van der Waals surface area (Å²) in [6.07, 6.45) is 9.92. The van der Waals surface area contributed by atoms with E-state index in [-0.39, 0.29) is 0 Å². The van der Waals surface area contributed by atoms with Crippen LogP contribution in [0.2, 0.25) is 0 Å². The van der Waals surface area contributed by atoms with E-state index in [1.54, 1.807) is 5.57 Å². The molecule has 0 aromatic carbocycles. The molecule has 3 rings (SSSR count). The molecular formula is C15H26N+. The zero-order valence-electron chi connectivity index (χ0n) is 11.5. The Morgan fingerprint density at radius 1 is 1.38 bits per heavy atom. The van der Waals surface area contributed by atoms with Gasteiger partial charge in [0, 0.05) is 0 Å². The summed E-state index contributed by atoms with van der Waals surface area (Å²) in [6.45, 7) is 5.99. The summed E-state index contributed by atoms with van der Waals surface area (Å²) in [4.78, 5) is 0. The van der Waals surface area contributed by atoms with Gasteiger partial charge in [-0.25, -0.2) is 0 Å². The Bertz CT molecular complexity index is 328. The average Bonchev–Trinajstić information content (AvgIpc) is 2.15. The van der Waals surface area contributed by atoms with Gasteiger partial charge < -0.3 is 4.48 Å². The van der Waals surface area contributed by atoms with E-state index >= 15 is 0 Å². The monoisotopic (exact) mass is 220 g/mol. The summed E-state index contributed by atoms with van der Waals surface area (Å²) in [5.41, 5.74) is 2.16. The normalized spacial score (nSPS) is 32.4. The summed E-state index contributed by atoms with van der Waals surface area (Å²) in [5.74, 6) is 1.78. The topological polar surface area (TPSA) is 0 Å². The van der Waals surface area contributed by atoms with Gasteiger partial charge in [0.25, 0.3) is 0 Å². The third-order valence-corrected chi connectivity index (χ3v) is 4.47. The minimum atomic E-state index is 0.561. The highest BCUT2D eigenvalue weighted by molar-refractivity contribution is 5.31. The van der Waals surface area contributed by atoms with Crippen molar-refractivity contribution in [1.82, 2.24) is 0 Å². The van der Waals surface area contributed by atoms with Gasteiger partial charge in [0.05, 0.1) is 27.7 Å². The van der Waals surface area contributed by atoms with Crippen LogP contribution in [0.3, 0.4) is 0 Å². The van der Waals surface area contributed by atoms with Crippen molar-refractivity contribution in [3.63, 3.8) is 0 Å². The molecule has 16 heavy (non-hydrogen) atoms. The molecule has 2 atom stereocenters. The molecular weight excluding hydrogens is 194 g/mol. The fourth-order valence-electron chi connectivity index (χ4n) is 3.09. The van der Waals surface area contributed by atoms with Crippen LogP contribution in [0.5, 0.6) is 0 Å². The van der Waals surface area contributed by atoms with Crippen LogP contribution in [0.1, 0.15) is 26.7 Å². The maximum Gasteiger partial charge on any atom is 0.0970 e. The van der Waals surface area contributed by atoms with Crippen LogP contribution in [0.25, 0.3) is 0 Å². The van der Waals surface area contributed by atoms with E-state index in [9.17, 15) is 0 Å². The third kappa shape index (κ3) is 2.10. The predicted molar refractivity (Wildman–Crippen MR) is 70.1 cm³/mol. The molecule has 0 aromatic rings. The molecule has 0 amide bonds. The fraction of sp³-hybridized carbons (Fsp3) is 0.733. The summed E-state index contributed by atoms with van der Waals surface area (Å²) in [6, 6.07) is 0. The van der Waals surface area contributed by atoms with E-state index < -0.39 is 0 Å². The van der Waals surface area contributed by atoms with Crippen LogP contribution in [0.15, 0.2) is 23.8 Å². The smallest absolute Gasteiger partial charge is 0.0970 e. The highest BCUT2D eigenvalue weighted by atomic mass is 15.3. The van der Waals surface area contributed by atoms with E-state index in [2.05, 4.69) is 53.2 Å². The summed E-state index contributed by atoms with van der Waals surface area (Å²) in [5, 5.41) is 0. The Hall–Kier alpha value is -0.560. The number of fused-ring (bicyclic) bond motifs is 1. The maximum absolute atomic E-state index is 2.47. The van der Waals surface area contributed by atoms with Crippen LogP contribution in [0.4, 0.5) is 0 Å². The van der Waals surface area contributed by atoms with E-state index in [0.29, 0.717) is 5.41 Å².